The first kappa shape index (κ1) is 13.1. The molecule has 0 amide bonds. The minimum atomic E-state index is 0.163. The van der Waals surface area contributed by atoms with Crippen LogP contribution in [0.3, 0.4) is 0 Å². The molecule has 2 nitrogen and oxygen atoms in total. The molecule has 0 radical (unpaired) electrons. The van der Waals surface area contributed by atoms with Crippen LogP contribution in [0.25, 0.3) is 0 Å². The topological polar surface area (TPSA) is 29.3 Å². The molecule has 96 valence electrons. The Labute approximate surface area is 109 Å². The summed E-state index contributed by atoms with van der Waals surface area (Å²) in [6.07, 6.45) is 6.47. The Bertz CT molecular complexity index is 364. The second-order valence-corrected chi connectivity index (χ2v) is 6.80. The number of nitrogens with two attached hydrogens (primary N) is 1. The molecule has 0 spiro atoms. The van der Waals surface area contributed by atoms with Crippen LogP contribution in [0.4, 0.5) is 0 Å². The van der Waals surface area contributed by atoms with E-state index in [0.29, 0.717) is 0 Å². The summed E-state index contributed by atoms with van der Waals surface area (Å²) in [5, 5.41) is 0. The summed E-state index contributed by atoms with van der Waals surface area (Å²) in [5.41, 5.74) is 6.76. The van der Waals surface area contributed by atoms with Crippen molar-refractivity contribution in [2.24, 2.45) is 5.73 Å². The van der Waals surface area contributed by atoms with Gasteiger partial charge in [-0.05, 0) is 46.0 Å². The van der Waals surface area contributed by atoms with E-state index in [2.05, 4.69) is 38.1 Å². The molecule has 1 heterocycles. The fraction of sp³-hybridized carbons (Fsp3) is 0.714. The SMILES string of the molecule is Cc1ccc(C(N)C2(N(C)C)CCCCC2)s1. The summed E-state index contributed by atoms with van der Waals surface area (Å²) >= 11 is 1.85. The van der Waals surface area contributed by atoms with Gasteiger partial charge in [0.15, 0.2) is 0 Å². The van der Waals surface area contributed by atoms with Crippen molar-refractivity contribution >= 4 is 11.3 Å². The molecule has 0 aliphatic heterocycles. The van der Waals surface area contributed by atoms with E-state index < -0.39 is 0 Å². The molecule has 1 fully saturated rings. The normalized spacial score (nSPS) is 21.7. The fourth-order valence-corrected chi connectivity index (χ4v) is 4.08. The summed E-state index contributed by atoms with van der Waals surface area (Å²) in [7, 11) is 4.37. The van der Waals surface area contributed by atoms with Gasteiger partial charge in [-0.15, -0.1) is 11.3 Å². The van der Waals surface area contributed by atoms with Gasteiger partial charge in [-0.25, -0.2) is 0 Å². The van der Waals surface area contributed by atoms with Gasteiger partial charge >= 0.3 is 0 Å². The molecule has 1 unspecified atom stereocenters. The number of aryl methyl sites for hydroxylation is 1. The number of nitrogens with zero attached hydrogens (tertiary/aromatic N) is 1. The molecule has 1 saturated carbocycles. The second kappa shape index (κ2) is 5.09. The zero-order valence-corrected chi connectivity index (χ0v) is 12.0. The Hall–Kier alpha value is -0.380. The van der Waals surface area contributed by atoms with Crippen molar-refractivity contribution in [3.63, 3.8) is 0 Å². The van der Waals surface area contributed by atoms with Crippen molar-refractivity contribution in [2.75, 3.05) is 14.1 Å². The van der Waals surface area contributed by atoms with Gasteiger partial charge in [0.25, 0.3) is 0 Å². The molecule has 1 aliphatic carbocycles. The standard InChI is InChI=1S/C14H24N2S/c1-11-7-8-12(17-11)13(15)14(16(2)3)9-5-4-6-10-14/h7-8,13H,4-6,9-10,15H2,1-3H3. The Morgan fingerprint density at radius 3 is 2.35 bits per heavy atom. The van der Waals surface area contributed by atoms with E-state index in [4.69, 9.17) is 5.73 Å². The Kier molecular flexibility index (Phi) is 3.91. The lowest BCUT2D eigenvalue weighted by molar-refractivity contribution is 0.0725. The van der Waals surface area contributed by atoms with Crippen molar-refractivity contribution in [3.05, 3.63) is 21.9 Å². The van der Waals surface area contributed by atoms with Crippen LogP contribution in [0.15, 0.2) is 12.1 Å². The average molecular weight is 252 g/mol. The lowest BCUT2D eigenvalue weighted by Crippen LogP contribution is -2.53. The zero-order valence-electron chi connectivity index (χ0n) is 11.2. The highest BCUT2D eigenvalue weighted by atomic mass is 32.1. The van der Waals surface area contributed by atoms with Crippen LogP contribution in [0.2, 0.25) is 0 Å². The molecule has 2 rings (SSSR count). The smallest absolute Gasteiger partial charge is 0.0576 e. The summed E-state index contributed by atoms with van der Waals surface area (Å²) < 4.78 is 0. The predicted octanol–water partition coefficient (Wildman–Crippen LogP) is 3.32. The lowest BCUT2D eigenvalue weighted by atomic mass is 9.75. The molecular weight excluding hydrogens is 228 g/mol. The van der Waals surface area contributed by atoms with Crippen LogP contribution in [0.5, 0.6) is 0 Å². The van der Waals surface area contributed by atoms with Gasteiger partial charge in [0.1, 0.15) is 0 Å². The van der Waals surface area contributed by atoms with E-state index in [1.165, 1.54) is 41.9 Å². The van der Waals surface area contributed by atoms with Crippen molar-refractivity contribution in [2.45, 2.75) is 50.6 Å². The van der Waals surface area contributed by atoms with Gasteiger partial charge in [-0.3, -0.25) is 0 Å². The first-order chi connectivity index (χ1) is 8.06. The highest BCUT2D eigenvalue weighted by molar-refractivity contribution is 7.12. The maximum atomic E-state index is 6.59. The quantitative estimate of drug-likeness (QED) is 0.894. The molecular formula is C14H24N2S. The third kappa shape index (κ3) is 2.42. The largest absolute Gasteiger partial charge is 0.322 e. The molecule has 2 N–H and O–H groups in total. The summed E-state index contributed by atoms with van der Waals surface area (Å²) in [4.78, 5) is 5.07. The van der Waals surface area contributed by atoms with Crippen LogP contribution < -0.4 is 5.73 Å². The number of thiophene rings is 1. The molecule has 0 bridgehead atoms. The molecule has 1 atom stereocenters. The van der Waals surface area contributed by atoms with Crippen LogP contribution in [-0.4, -0.2) is 24.5 Å². The zero-order chi connectivity index (χ0) is 12.5. The van der Waals surface area contributed by atoms with Gasteiger partial charge in [0.05, 0.1) is 6.04 Å². The van der Waals surface area contributed by atoms with Gasteiger partial charge in [0, 0.05) is 15.3 Å². The molecule has 1 aromatic heterocycles. The lowest BCUT2D eigenvalue weighted by Gasteiger charge is -2.47. The Balaban J connectivity index is 2.26. The maximum absolute atomic E-state index is 6.59. The molecule has 17 heavy (non-hydrogen) atoms. The van der Waals surface area contributed by atoms with E-state index in [0.717, 1.165) is 0 Å². The van der Waals surface area contributed by atoms with Crippen molar-refractivity contribution in [3.8, 4) is 0 Å². The van der Waals surface area contributed by atoms with Gasteiger partial charge in [-0.2, -0.15) is 0 Å². The van der Waals surface area contributed by atoms with E-state index in [-0.39, 0.29) is 11.6 Å². The molecule has 0 saturated heterocycles. The van der Waals surface area contributed by atoms with Crippen LogP contribution in [0, 0.1) is 6.92 Å². The molecule has 1 aliphatic rings. The Morgan fingerprint density at radius 2 is 1.88 bits per heavy atom. The third-order valence-electron chi connectivity index (χ3n) is 4.26. The highest BCUT2D eigenvalue weighted by Gasteiger charge is 2.41. The predicted molar refractivity (Wildman–Crippen MR) is 75.5 cm³/mol. The minimum Gasteiger partial charge on any atom is -0.322 e. The molecule has 1 aromatic rings. The highest BCUT2D eigenvalue weighted by Crippen LogP contribution is 2.42. The van der Waals surface area contributed by atoms with Crippen molar-refractivity contribution < 1.29 is 0 Å². The molecule has 3 heteroatoms. The number of hydrogen-bond donors (Lipinski definition) is 1. The Morgan fingerprint density at radius 1 is 1.24 bits per heavy atom. The van der Waals surface area contributed by atoms with Gasteiger partial charge < -0.3 is 10.6 Å². The van der Waals surface area contributed by atoms with Gasteiger partial charge in [-0.1, -0.05) is 19.3 Å². The van der Waals surface area contributed by atoms with Crippen LogP contribution >= 0.6 is 11.3 Å². The van der Waals surface area contributed by atoms with Crippen LogP contribution in [-0.2, 0) is 0 Å². The second-order valence-electron chi connectivity index (χ2n) is 5.48. The van der Waals surface area contributed by atoms with E-state index in [1.54, 1.807) is 0 Å². The summed E-state index contributed by atoms with van der Waals surface area (Å²) in [5.74, 6) is 0. The first-order valence-electron chi connectivity index (χ1n) is 6.55. The average Bonchev–Trinajstić information content (AvgIpc) is 2.75. The van der Waals surface area contributed by atoms with E-state index >= 15 is 0 Å². The van der Waals surface area contributed by atoms with Crippen molar-refractivity contribution in [1.29, 1.82) is 0 Å². The number of rotatable bonds is 3. The summed E-state index contributed by atoms with van der Waals surface area (Å²) in [6, 6.07) is 4.56. The monoisotopic (exact) mass is 252 g/mol. The van der Waals surface area contributed by atoms with Crippen LogP contribution in [0.1, 0.15) is 47.9 Å². The van der Waals surface area contributed by atoms with E-state index in [9.17, 15) is 0 Å². The summed E-state index contributed by atoms with van der Waals surface area (Å²) in [6.45, 7) is 2.16. The van der Waals surface area contributed by atoms with E-state index in [1.807, 2.05) is 11.3 Å². The van der Waals surface area contributed by atoms with Crippen molar-refractivity contribution in [1.82, 2.24) is 4.90 Å². The third-order valence-corrected chi connectivity index (χ3v) is 5.34. The minimum absolute atomic E-state index is 0.163. The maximum Gasteiger partial charge on any atom is 0.0576 e. The number of likely N-dealkylation sites (N-methyl/N-ethyl adjacent to an activating group) is 1. The fourth-order valence-electron chi connectivity index (χ4n) is 3.09. The van der Waals surface area contributed by atoms with Gasteiger partial charge in [0.2, 0.25) is 0 Å². The molecule has 0 aromatic carbocycles. The number of hydrogen-bond acceptors (Lipinski definition) is 3. The first-order valence-corrected chi connectivity index (χ1v) is 7.37.